The van der Waals surface area contributed by atoms with Crippen molar-refractivity contribution >= 4 is 25.4 Å². The molecule has 0 N–H and O–H groups in total. The Balaban J connectivity index is 2.73. The minimum absolute atomic E-state index is 0.139. The zero-order valence-electron chi connectivity index (χ0n) is 8.92. The standard InChI is InChI=1S/C9H4ClF2N3O3S/c10-19(16,17)7-4-14-8-5(3-13)6(18-9(11)12)1-2-15(7)8/h1-2,4,9H. The minimum Gasteiger partial charge on any atom is -0.433 e. The molecule has 0 fully saturated rings. The zero-order valence-corrected chi connectivity index (χ0v) is 10.5. The lowest BCUT2D eigenvalue weighted by molar-refractivity contribution is -0.0500. The number of imidazole rings is 1. The number of nitriles is 1. The first kappa shape index (κ1) is 13.5. The van der Waals surface area contributed by atoms with Crippen LogP contribution in [-0.2, 0) is 9.05 Å². The largest absolute Gasteiger partial charge is 0.433 e. The van der Waals surface area contributed by atoms with Gasteiger partial charge in [-0.15, -0.1) is 0 Å². The van der Waals surface area contributed by atoms with Crippen LogP contribution < -0.4 is 4.74 Å². The highest BCUT2D eigenvalue weighted by molar-refractivity contribution is 8.13. The number of hydrogen-bond acceptors (Lipinski definition) is 5. The van der Waals surface area contributed by atoms with Crippen LogP contribution in [0.15, 0.2) is 23.5 Å². The van der Waals surface area contributed by atoms with Crippen molar-refractivity contribution in [2.24, 2.45) is 0 Å². The SMILES string of the molecule is N#Cc1c(OC(F)F)ccn2c(S(=O)(=O)Cl)cnc12. The molecule has 0 aromatic carbocycles. The van der Waals surface area contributed by atoms with Crippen LogP contribution in [-0.4, -0.2) is 24.4 Å². The number of hydrogen-bond donors (Lipinski definition) is 0. The summed E-state index contributed by atoms with van der Waals surface area (Å²) in [6, 6.07) is 2.66. The number of nitrogens with zero attached hydrogens (tertiary/aromatic N) is 3. The smallest absolute Gasteiger partial charge is 0.387 e. The maximum absolute atomic E-state index is 12.2. The molecule has 0 aliphatic rings. The summed E-state index contributed by atoms with van der Waals surface area (Å²) in [5.74, 6) is -0.394. The minimum atomic E-state index is -4.07. The fourth-order valence-corrected chi connectivity index (χ4v) is 2.39. The number of aromatic nitrogens is 2. The molecule has 2 aromatic rings. The van der Waals surface area contributed by atoms with Crippen LogP contribution in [0, 0.1) is 11.3 Å². The molecule has 2 rings (SSSR count). The number of halogens is 3. The molecule has 0 aliphatic carbocycles. The third-order valence-electron chi connectivity index (χ3n) is 2.19. The van der Waals surface area contributed by atoms with Crippen LogP contribution in [0.5, 0.6) is 5.75 Å². The second-order valence-electron chi connectivity index (χ2n) is 3.27. The molecular formula is C9H4ClF2N3O3S. The molecule has 0 spiro atoms. The summed E-state index contributed by atoms with van der Waals surface area (Å²) in [6.45, 7) is -3.11. The lowest BCUT2D eigenvalue weighted by Gasteiger charge is -2.07. The Bertz CT molecular complexity index is 782. The lowest BCUT2D eigenvalue weighted by Crippen LogP contribution is -2.05. The van der Waals surface area contributed by atoms with Crippen LogP contribution >= 0.6 is 10.7 Å². The van der Waals surface area contributed by atoms with Gasteiger partial charge in [0.15, 0.2) is 10.7 Å². The Kier molecular flexibility index (Phi) is 3.30. The lowest BCUT2D eigenvalue weighted by atomic mass is 10.2. The maximum atomic E-state index is 12.2. The van der Waals surface area contributed by atoms with E-state index in [2.05, 4.69) is 9.72 Å². The Morgan fingerprint density at radius 1 is 1.53 bits per heavy atom. The van der Waals surface area contributed by atoms with Gasteiger partial charge in [0.25, 0.3) is 9.05 Å². The molecule has 0 saturated carbocycles. The van der Waals surface area contributed by atoms with E-state index in [4.69, 9.17) is 15.9 Å². The molecular weight excluding hydrogens is 304 g/mol. The Hall–Kier alpha value is -1.92. The summed E-state index contributed by atoms with van der Waals surface area (Å²) in [7, 11) is 1.10. The molecule has 100 valence electrons. The quantitative estimate of drug-likeness (QED) is 0.806. The zero-order chi connectivity index (χ0) is 14.2. The highest BCUT2D eigenvalue weighted by atomic mass is 35.7. The Labute approximate surface area is 110 Å². The molecule has 6 nitrogen and oxygen atoms in total. The number of rotatable bonds is 3. The highest BCUT2D eigenvalue weighted by Gasteiger charge is 2.21. The van der Waals surface area contributed by atoms with Gasteiger partial charge in [-0.05, 0) is 6.07 Å². The second-order valence-corrected chi connectivity index (χ2v) is 5.79. The van der Waals surface area contributed by atoms with E-state index in [9.17, 15) is 17.2 Å². The van der Waals surface area contributed by atoms with Crippen molar-refractivity contribution < 1.29 is 21.9 Å². The molecule has 0 amide bonds. The molecule has 2 heterocycles. The van der Waals surface area contributed by atoms with E-state index in [1.807, 2.05) is 0 Å². The van der Waals surface area contributed by atoms with Gasteiger partial charge in [-0.3, -0.25) is 4.40 Å². The van der Waals surface area contributed by atoms with Gasteiger partial charge in [0.1, 0.15) is 17.4 Å². The maximum Gasteiger partial charge on any atom is 0.387 e. The Morgan fingerprint density at radius 3 is 2.74 bits per heavy atom. The fourth-order valence-electron chi connectivity index (χ4n) is 1.49. The number of fused-ring (bicyclic) bond motifs is 1. The summed E-state index contributed by atoms with van der Waals surface area (Å²) < 4.78 is 51.9. The van der Waals surface area contributed by atoms with Gasteiger partial charge < -0.3 is 4.74 Å². The summed E-state index contributed by atoms with van der Waals surface area (Å²) >= 11 is 0. The second kappa shape index (κ2) is 4.64. The summed E-state index contributed by atoms with van der Waals surface area (Å²) in [5.41, 5.74) is -0.450. The monoisotopic (exact) mass is 307 g/mol. The van der Waals surface area contributed by atoms with Gasteiger partial charge in [-0.1, -0.05) is 0 Å². The molecule has 10 heteroatoms. The van der Waals surface area contributed by atoms with Crippen LogP contribution in [0.2, 0.25) is 0 Å². The third kappa shape index (κ3) is 2.45. The van der Waals surface area contributed by atoms with E-state index in [0.29, 0.717) is 0 Å². The topological polar surface area (TPSA) is 84.5 Å². The Morgan fingerprint density at radius 2 is 2.21 bits per heavy atom. The molecule has 0 aliphatic heterocycles. The van der Waals surface area contributed by atoms with Crippen molar-refractivity contribution in [1.29, 1.82) is 5.26 Å². The first-order chi connectivity index (χ1) is 8.84. The first-order valence-electron chi connectivity index (χ1n) is 4.64. The third-order valence-corrected chi connectivity index (χ3v) is 3.46. The molecule has 0 atom stereocenters. The van der Waals surface area contributed by atoms with Crippen molar-refractivity contribution in [1.82, 2.24) is 9.38 Å². The van der Waals surface area contributed by atoms with Crippen LogP contribution in [0.1, 0.15) is 5.56 Å². The van der Waals surface area contributed by atoms with E-state index in [1.165, 1.54) is 0 Å². The molecule has 2 aromatic heterocycles. The van der Waals surface area contributed by atoms with Crippen LogP contribution in [0.4, 0.5) is 8.78 Å². The normalized spacial score (nSPS) is 11.7. The average molecular weight is 308 g/mol. The number of alkyl halides is 2. The van der Waals surface area contributed by atoms with Gasteiger partial charge in [-0.2, -0.15) is 14.0 Å². The van der Waals surface area contributed by atoms with Crippen LogP contribution in [0.3, 0.4) is 0 Å². The summed E-state index contributed by atoms with van der Waals surface area (Å²) in [4.78, 5) is 3.68. The summed E-state index contributed by atoms with van der Waals surface area (Å²) in [6.07, 6.45) is 2.04. The summed E-state index contributed by atoms with van der Waals surface area (Å²) in [5, 5.41) is 8.56. The van der Waals surface area contributed by atoms with Crippen molar-refractivity contribution in [3.63, 3.8) is 0 Å². The average Bonchev–Trinajstić information content (AvgIpc) is 2.71. The van der Waals surface area contributed by atoms with E-state index in [1.54, 1.807) is 6.07 Å². The van der Waals surface area contributed by atoms with E-state index in [0.717, 1.165) is 22.9 Å². The van der Waals surface area contributed by atoms with Crippen molar-refractivity contribution in [2.75, 3.05) is 0 Å². The van der Waals surface area contributed by atoms with Crippen molar-refractivity contribution in [3.8, 4) is 11.8 Å². The molecule has 0 saturated heterocycles. The van der Waals surface area contributed by atoms with Gasteiger partial charge in [0.05, 0.1) is 6.20 Å². The van der Waals surface area contributed by atoms with Crippen LogP contribution in [0.25, 0.3) is 5.65 Å². The number of ether oxygens (including phenoxy) is 1. The van der Waals surface area contributed by atoms with E-state index in [-0.39, 0.29) is 16.2 Å². The van der Waals surface area contributed by atoms with Gasteiger partial charge in [-0.25, -0.2) is 13.4 Å². The van der Waals surface area contributed by atoms with E-state index < -0.39 is 21.4 Å². The predicted octanol–water partition coefficient (Wildman–Crippen LogP) is 1.73. The van der Waals surface area contributed by atoms with Gasteiger partial charge >= 0.3 is 6.61 Å². The highest BCUT2D eigenvalue weighted by Crippen LogP contribution is 2.26. The van der Waals surface area contributed by atoms with Gasteiger partial charge in [0, 0.05) is 16.9 Å². The molecule has 0 bridgehead atoms. The molecule has 0 radical (unpaired) electrons. The predicted molar refractivity (Wildman–Crippen MR) is 59.6 cm³/mol. The fraction of sp³-hybridized carbons (Fsp3) is 0.111. The van der Waals surface area contributed by atoms with Crippen molar-refractivity contribution in [2.45, 2.75) is 11.6 Å². The van der Waals surface area contributed by atoms with Crippen molar-refractivity contribution in [3.05, 3.63) is 24.0 Å². The van der Waals surface area contributed by atoms with Gasteiger partial charge in [0.2, 0.25) is 0 Å². The molecule has 0 unspecified atom stereocenters. The number of pyridine rings is 1. The van der Waals surface area contributed by atoms with E-state index >= 15 is 0 Å². The molecule has 19 heavy (non-hydrogen) atoms. The first-order valence-corrected chi connectivity index (χ1v) is 6.95.